The van der Waals surface area contributed by atoms with Crippen LogP contribution in [0, 0.1) is 0 Å². The molecule has 1 aromatic heterocycles. The van der Waals surface area contributed by atoms with Gasteiger partial charge in [-0.25, -0.2) is 15.0 Å². The number of benzene rings is 1. The van der Waals surface area contributed by atoms with Crippen LogP contribution in [0.2, 0.25) is 0 Å². The predicted octanol–water partition coefficient (Wildman–Crippen LogP) is 2.34. The van der Waals surface area contributed by atoms with Crippen LogP contribution in [-0.2, 0) is 26.1 Å². The van der Waals surface area contributed by atoms with Gasteiger partial charge in [-0.1, -0.05) is 12.1 Å². The average molecular weight is 560 g/mol. The van der Waals surface area contributed by atoms with E-state index < -0.39 is 29.1 Å². The maximum atomic E-state index is 13.9. The van der Waals surface area contributed by atoms with Crippen LogP contribution in [0.1, 0.15) is 31.4 Å². The van der Waals surface area contributed by atoms with Gasteiger partial charge >= 0.3 is 6.18 Å². The van der Waals surface area contributed by atoms with Gasteiger partial charge in [-0.15, -0.1) is 0 Å². The Morgan fingerprint density at radius 2 is 2.12 bits per heavy atom. The number of amides is 1. The molecule has 1 unspecified atom stereocenters. The minimum Gasteiger partial charge on any atom is -0.475 e. The summed E-state index contributed by atoms with van der Waals surface area (Å²) in [7, 11) is 0. The fraction of sp³-hybridized carbons (Fsp3) is 0.462. The van der Waals surface area contributed by atoms with Crippen LogP contribution in [-0.4, -0.2) is 71.2 Å². The molecular formula is C26H28F3N7O4. The summed E-state index contributed by atoms with van der Waals surface area (Å²) < 4.78 is 57.8. The highest BCUT2D eigenvalue weighted by atomic mass is 19.4. The summed E-state index contributed by atoms with van der Waals surface area (Å²) in [5.74, 6) is -0.644. The molecule has 1 aromatic carbocycles. The molecule has 4 aliphatic heterocycles. The lowest BCUT2D eigenvalue weighted by atomic mass is 9.95. The van der Waals surface area contributed by atoms with Crippen molar-refractivity contribution in [2.45, 2.75) is 50.0 Å². The van der Waals surface area contributed by atoms with E-state index in [2.05, 4.69) is 35.8 Å². The van der Waals surface area contributed by atoms with Gasteiger partial charge in [0.25, 0.3) is 5.91 Å². The molecular weight excluding hydrogens is 531 g/mol. The van der Waals surface area contributed by atoms with Crippen LogP contribution < -0.4 is 20.7 Å². The Balaban J connectivity index is 1.27. The summed E-state index contributed by atoms with van der Waals surface area (Å²) in [6.07, 6.45) is -1.27. The van der Waals surface area contributed by atoms with Gasteiger partial charge in [-0.3, -0.25) is 4.79 Å². The molecule has 1 amide bonds. The number of halogens is 3. The van der Waals surface area contributed by atoms with Gasteiger partial charge in [0.15, 0.2) is 5.79 Å². The number of nitrogens with one attached hydrogen (secondary N) is 3. The highest BCUT2D eigenvalue weighted by molar-refractivity contribution is 6.00. The van der Waals surface area contributed by atoms with Gasteiger partial charge < -0.3 is 35.1 Å². The zero-order chi connectivity index (χ0) is 28.1. The lowest BCUT2D eigenvalue weighted by Gasteiger charge is -2.40. The zero-order valence-corrected chi connectivity index (χ0v) is 21.8. The smallest absolute Gasteiger partial charge is 0.416 e. The lowest BCUT2D eigenvalue weighted by Crippen LogP contribution is -2.57. The summed E-state index contributed by atoms with van der Waals surface area (Å²) in [6, 6.07) is 6.13. The molecule has 0 radical (unpaired) electrons. The normalized spacial score (nSPS) is 26.7. The molecule has 11 nitrogen and oxygen atoms in total. The second-order valence-electron chi connectivity index (χ2n) is 10.5. The quantitative estimate of drug-likeness (QED) is 0.490. The van der Waals surface area contributed by atoms with Gasteiger partial charge in [-0.05, 0) is 32.4 Å². The summed E-state index contributed by atoms with van der Waals surface area (Å²) in [4.78, 5) is 28.7. The molecule has 0 aliphatic carbocycles. The first-order valence-electron chi connectivity index (χ1n) is 12.9. The monoisotopic (exact) mass is 559 g/mol. The minimum absolute atomic E-state index is 0.0175. The first-order valence-corrected chi connectivity index (χ1v) is 12.9. The summed E-state index contributed by atoms with van der Waals surface area (Å²) in [5, 5.41) is 9.15. The number of aliphatic imine (C=N–C) groups is 1. The summed E-state index contributed by atoms with van der Waals surface area (Å²) >= 11 is 0. The molecule has 40 heavy (non-hydrogen) atoms. The van der Waals surface area contributed by atoms with Crippen LogP contribution in [0.5, 0.6) is 5.88 Å². The Kier molecular flexibility index (Phi) is 6.33. The van der Waals surface area contributed by atoms with Gasteiger partial charge in [0.05, 0.1) is 24.1 Å². The number of allylic oxidation sites excluding steroid dienone is 1. The predicted molar refractivity (Wildman–Crippen MR) is 136 cm³/mol. The Hall–Kier alpha value is -3.91. The van der Waals surface area contributed by atoms with E-state index in [1.54, 1.807) is 13.8 Å². The topological polar surface area (TPSA) is 122 Å². The molecule has 14 heteroatoms. The highest BCUT2D eigenvalue weighted by Crippen LogP contribution is 2.36. The van der Waals surface area contributed by atoms with Crippen molar-refractivity contribution in [2.75, 3.05) is 31.6 Å². The number of ether oxygens (including phenoxy) is 3. The molecule has 4 aliphatic rings. The van der Waals surface area contributed by atoms with Crippen LogP contribution in [0.25, 0.3) is 0 Å². The molecule has 3 N–H and O–H groups in total. The van der Waals surface area contributed by atoms with Gasteiger partial charge in [0.1, 0.15) is 30.7 Å². The van der Waals surface area contributed by atoms with Crippen molar-refractivity contribution in [3.05, 3.63) is 59.3 Å². The number of aromatic nitrogens is 2. The third-order valence-electron chi connectivity index (χ3n) is 7.12. The maximum absolute atomic E-state index is 13.9. The van der Waals surface area contributed by atoms with Gasteiger partial charge in [0.2, 0.25) is 11.5 Å². The Morgan fingerprint density at radius 3 is 2.90 bits per heavy atom. The first kappa shape index (κ1) is 26.3. The van der Waals surface area contributed by atoms with Crippen LogP contribution in [0.4, 0.5) is 19.0 Å². The van der Waals surface area contributed by atoms with Crippen molar-refractivity contribution in [2.24, 2.45) is 4.99 Å². The van der Waals surface area contributed by atoms with E-state index in [9.17, 15) is 18.0 Å². The van der Waals surface area contributed by atoms with Crippen LogP contribution >= 0.6 is 0 Å². The number of alkyl halides is 3. The molecule has 2 aromatic rings. The fourth-order valence-electron chi connectivity index (χ4n) is 5.18. The molecule has 5 heterocycles. The van der Waals surface area contributed by atoms with Crippen molar-refractivity contribution >= 4 is 17.9 Å². The molecule has 6 rings (SSSR count). The van der Waals surface area contributed by atoms with Crippen molar-refractivity contribution in [1.29, 1.82) is 0 Å². The first-order chi connectivity index (χ1) is 19.0. The third-order valence-corrected chi connectivity index (χ3v) is 7.12. The molecule has 212 valence electrons. The number of hydrogen-bond acceptors (Lipinski definition) is 10. The van der Waals surface area contributed by atoms with E-state index in [0.29, 0.717) is 12.4 Å². The van der Waals surface area contributed by atoms with E-state index >= 15 is 0 Å². The maximum Gasteiger partial charge on any atom is 0.416 e. The third kappa shape index (κ3) is 5.04. The van der Waals surface area contributed by atoms with Crippen LogP contribution in [0.3, 0.4) is 0 Å². The molecule has 2 saturated heterocycles. The van der Waals surface area contributed by atoms with Crippen molar-refractivity contribution in [3.63, 3.8) is 0 Å². The fourth-order valence-corrected chi connectivity index (χ4v) is 5.18. The highest BCUT2D eigenvalue weighted by Gasteiger charge is 2.47. The number of anilines is 1. The largest absolute Gasteiger partial charge is 0.475 e. The SMILES string of the molecule is CC1(C)OC[C@H](COc2cc(NC(=O)C3(c4cccc(C(F)(F)F)c4)N=CC4=C(N[C@H]5CCN4C5)N3)ncn2)O1. The number of carbonyl (C=O) groups excluding carboxylic acids is 1. The van der Waals surface area contributed by atoms with E-state index in [4.69, 9.17) is 14.2 Å². The second-order valence-corrected chi connectivity index (χ2v) is 10.5. The zero-order valence-electron chi connectivity index (χ0n) is 21.8. The van der Waals surface area contributed by atoms with Gasteiger partial charge in [0, 0.05) is 30.8 Å². The Morgan fingerprint density at radius 1 is 1.27 bits per heavy atom. The molecule has 0 spiro atoms. The number of hydrogen-bond donors (Lipinski definition) is 3. The standard InChI is InChI=1S/C26H28F3N7O4/c1-24(2)39-13-18(40-24)12-38-21-9-20(30-14-31-21)34-23(37)25(15-4-3-5-16(8-15)26(27,28)29)32-10-19-22(35-25)33-17-6-7-36(19)11-17/h3-5,8-10,14,17-18,33,35H,6-7,11-13H2,1-2H3,(H,30,31,34,37)/t17-,18-,25?/m0/s1. The van der Waals surface area contributed by atoms with Crippen molar-refractivity contribution < 1.29 is 32.2 Å². The lowest BCUT2D eigenvalue weighted by molar-refractivity contribution is -0.141. The number of fused-ring (bicyclic) bond motifs is 3. The number of rotatable bonds is 6. The van der Waals surface area contributed by atoms with E-state index in [-0.39, 0.29) is 36.0 Å². The van der Waals surface area contributed by atoms with Gasteiger partial charge in [-0.2, -0.15) is 13.2 Å². The molecule has 3 atom stereocenters. The Bertz CT molecular complexity index is 1380. The molecule has 0 saturated carbocycles. The molecule has 2 bridgehead atoms. The second kappa shape index (κ2) is 9.63. The summed E-state index contributed by atoms with van der Waals surface area (Å²) in [6.45, 7) is 5.72. The number of carbonyl (C=O) groups is 1. The van der Waals surface area contributed by atoms with Crippen molar-refractivity contribution in [1.82, 2.24) is 25.5 Å². The van der Waals surface area contributed by atoms with E-state index in [1.165, 1.54) is 30.7 Å². The molecule has 2 fully saturated rings. The number of nitrogens with zero attached hydrogens (tertiary/aromatic N) is 4. The minimum atomic E-state index is -4.60. The average Bonchev–Trinajstić information content (AvgIpc) is 3.48. The van der Waals surface area contributed by atoms with E-state index in [0.717, 1.165) is 37.3 Å². The van der Waals surface area contributed by atoms with Crippen LogP contribution in [0.15, 0.2) is 53.2 Å². The van der Waals surface area contributed by atoms with Crippen molar-refractivity contribution in [3.8, 4) is 5.88 Å². The summed E-state index contributed by atoms with van der Waals surface area (Å²) in [5.41, 5.74) is -2.03. The van der Waals surface area contributed by atoms with E-state index in [1.807, 2.05) is 0 Å². The Labute approximate surface area is 227 Å².